The first-order chi connectivity index (χ1) is 8.08. The summed E-state index contributed by atoms with van der Waals surface area (Å²) in [6.45, 7) is 10.8. The van der Waals surface area contributed by atoms with Crippen molar-refractivity contribution in [3.63, 3.8) is 0 Å². The van der Waals surface area contributed by atoms with Gasteiger partial charge < -0.3 is 15.2 Å². The minimum Gasteiger partial charge on any atom is -0.337 e. The highest BCUT2D eigenvalue weighted by atomic mass is 15.0. The molecule has 0 atom stereocenters. The van der Waals surface area contributed by atoms with Crippen molar-refractivity contribution in [2.75, 3.05) is 19.6 Å². The Kier molecular flexibility index (Phi) is 6.22. The number of hydrogen-bond acceptors (Lipinski definition) is 3. The number of aryl methyl sites for hydroxylation is 1. The Morgan fingerprint density at radius 2 is 1.94 bits per heavy atom. The van der Waals surface area contributed by atoms with Crippen LogP contribution in [0.5, 0.6) is 0 Å². The zero-order valence-electron chi connectivity index (χ0n) is 11.4. The summed E-state index contributed by atoms with van der Waals surface area (Å²) in [6, 6.07) is 0. The van der Waals surface area contributed by atoms with Crippen molar-refractivity contribution in [2.45, 2.75) is 45.7 Å². The van der Waals surface area contributed by atoms with Gasteiger partial charge in [-0.2, -0.15) is 0 Å². The number of nitrogens with one attached hydrogen (secondary N) is 2. The third-order valence-electron chi connectivity index (χ3n) is 2.54. The topological polar surface area (TPSA) is 41.9 Å². The second kappa shape index (κ2) is 7.45. The molecule has 0 fully saturated rings. The van der Waals surface area contributed by atoms with Crippen LogP contribution in [0, 0.1) is 0 Å². The lowest BCUT2D eigenvalue weighted by Crippen LogP contribution is -2.40. The molecule has 0 aliphatic heterocycles. The van der Waals surface area contributed by atoms with Crippen LogP contribution in [-0.2, 0) is 6.54 Å². The van der Waals surface area contributed by atoms with E-state index in [1.807, 2.05) is 18.7 Å². The standard InChI is InChI=1S/C13H26N4/c1-13(2,3)16-8-7-14-6-4-5-10-17-11-9-15-12-17/h9,11-12,14,16H,4-8,10H2,1-3H3. The highest BCUT2D eigenvalue weighted by molar-refractivity contribution is 4.73. The molecule has 0 spiro atoms. The Labute approximate surface area is 105 Å². The van der Waals surface area contributed by atoms with E-state index in [1.165, 1.54) is 12.8 Å². The molecule has 0 aliphatic carbocycles. The number of imidazole rings is 1. The zero-order valence-corrected chi connectivity index (χ0v) is 11.4. The van der Waals surface area contributed by atoms with Crippen LogP contribution in [0.3, 0.4) is 0 Å². The van der Waals surface area contributed by atoms with Crippen LogP contribution in [0.2, 0.25) is 0 Å². The van der Waals surface area contributed by atoms with E-state index in [0.29, 0.717) is 0 Å². The molecule has 4 heteroatoms. The minimum atomic E-state index is 0.225. The summed E-state index contributed by atoms with van der Waals surface area (Å²) in [5, 5.41) is 6.91. The zero-order chi connectivity index (χ0) is 12.6. The lowest BCUT2D eigenvalue weighted by atomic mass is 10.1. The largest absolute Gasteiger partial charge is 0.337 e. The van der Waals surface area contributed by atoms with Gasteiger partial charge >= 0.3 is 0 Å². The van der Waals surface area contributed by atoms with Crippen molar-refractivity contribution in [2.24, 2.45) is 0 Å². The lowest BCUT2D eigenvalue weighted by Gasteiger charge is -2.20. The van der Waals surface area contributed by atoms with E-state index in [2.05, 4.69) is 41.0 Å². The van der Waals surface area contributed by atoms with Gasteiger partial charge in [0.05, 0.1) is 6.33 Å². The first-order valence-electron chi connectivity index (χ1n) is 6.49. The molecule has 17 heavy (non-hydrogen) atoms. The number of unbranched alkanes of at least 4 members (excludes halogenated alkanes) is 1. The van der Waals surface area contributed by atoms with Crippen LogP contribution < -0.4 is 10.6 Å². The summed E-state index contributed by atoms with van der Waals surface area (Å²) in [6.07, 6.45) is 8.14. The fourth-order valence-electron chi connectivity index (χ4n) is 1.61. The van der Waals surface area contributed by atoms with Crippen molar-refractivity contribution in [3.05, 3.63) is 18.7 Å². The van der Waals surface area contributed by atoms with Crippen molar-refractivity contribution in [1.29, 1.82) is 0 Å². The maximum Gasteiger partial charge on any atom is 0.0945 e. The van der Waals surface area contributed by atoms with Gasteiger partial charge in [0.25, 0.3) is 0 Å². The van der Waals surface area contributed by atoms with Crippen LogP contribution in [0.4, 0.5) is 0 Å². The summed E-state index contributed by atoms with van der Waals surface area (Å²) in [5.41, 5.74) is 0.225. The average Bonchev–Trinajstić information content (AvgIpc) is 2.73. The SMILES string of the molecule is CC(C)(C)NCCNCCCCn1ccnc1. The van der Waals surface area contributed by atoms with Crippen molar-refractivity contribution >= 4 is 0 Å². The highest BCUT2D eigenvalue weighted by Crippen LogP contribution is 1.96. The second-order valence-corrected chi connectivity index (χ2v) is 5.43. The lowest BCUT2D eigenvalue weighted by molar-refractivity contribution is 0.420. The van der Waals surface area contributed by atoms with Crippen molar-refractivity contribution in [1.82, 2.24) is 20.2 Å². The van der Waals surface area contributed by atoms with Crippen molar-refractivity contribution < 1.29 is 0 Å². The molecular formula is C13H26N4. The van der Waals surface area contributed by atoms with Gasteiger partial charge in [-0.15, -0.1) is 0 Å². The quantitative estimate of drug-likeness (QED) is 0.677. The maximum absolute atomic E-state index is 4.02. The van der Waals surface area contributed by atoms with E-state index in [4.69, 9.17) is 0 Å². The predicted molar refractivity (Wildman–Crippen MR) is 72.1 cm³/mol. The summed E-state index contributed by atoms with van der Waals surface area (Å²) < 4.78 is 2.13. The van der Waals surface area contributed by atoms with Crippen LogP contribution in [0.25, 0.3) is 0 Å². The van der Waals surface area contributed by atoms with Crippen LogP contribution in [0.15, 0.2) is 18.7 Å². The van der Waals surface area contributed by atoms with Gasteiger partial charge in [-0.1, -0.05) is 0 Å². The van der Waals surface area contributed by atoms with Gasteiger partial charge in [-0.25, -0.2) is 4.98 Å². The third-order valence-corrected chi connectivity index (χ3v) is 2.54. The summed E-state index contributed by atoms with van der Waals surface area (Å²) in [4.78, 5) is 4.02. The van der Waals surface area contributed by atoms with E-state index in [0.717, 1.165) is 26.2 Å². The van der Waals surface area contributed by atoms with Crippen LogP contribution in [-0.4, -0.2) is 34.7 Å². The molecule has 0 saturated carbocycles. The molecule has 1 heterocycles. The van der Waals surface area contributed by atoms with Gasteiger partial charge in [-0.05, 0) is 40.2 Å². The monoisotopic (exact) mass is 238 g/mol. The molecular weight excluding hydrogens is 212 g/mol. The van der Waals surface area contributed by atoms with Gasteiger partial charge in [0.15, 0.2) is 0 Å². The van der Waals surface area contributed by atoms with Gasteiger partial charge in [-0.3, -0.25) is 0 Å². The molecule has 0 amide bonds. The molecule has 2 N–H and O–H groups in total. The molecule has 4 nitrogen and oxygen atoms in total. The first-order valence-corrected chi connectivity index (χ1v) is 6.49. The van der Waals surface area contributed by atoms with Crippen molar-refractivity contribution in [3.8, 4) is 0 Å². The molecule has 0 aromatic carbocycles. The van der Waals surface area contributed by atoms with Gasteiger partial charge in [0.1, 0.15) is 0 Å². The average molecular weight is 238 g/mol. The molecule has 98 valence electrons. The van der Waals surface area contributed by atoms with E-state index in [9.17, 15) is 0 Å². The Morgan fingerprint density at radius 3 is 2.59 bits per heavy atom. The Hall–Kier alpha value is -0.870. The molecule has 0 unspecified atom stereocenters. The molecule has 0 bridgehead atoms. The van der Waals surface area contributed by atoms with E-state index >= 15 is 0 Å². The number of hydrogen-bond donors (Lipinski definition) is 2. The maximum atomic E-state index is 4.02. The molecule has 0 saturated heterocycles. The fourth-order valence-corrected chi connectivity index (χ4v) is 1.61. The summed E-state index contributed by atoms with van der Waals surface area (Å²) >= 11 is 0. The Balaban J connectivity index is 1.85. The Morgan fingerprint density at radius 1 is 1.12 bits per heavy atom. The number of nitrogens with zero attached hydrogens (tertiary/aromatic N) is 2. The highest BCUT2D eigenvalue weighted by Gasteiger charge is 2.06. The van der Waals surface area contributed by atoms with Gasteiger partial charge in [0, 0.05) is 37.6 Å². The third kappa shape index (κ3) is 7.94. The predicted octanol–water partition coefficient (Wildman–Crippen LogP) is 1.64. The number of rotatable bonds is 8. The molecule has 1 rings (SSSR count). The first kappa shape index (κ1) is 14.2. The number of aromatic nitrogens is 2. The molecule has 0 radical (unpaired) electrons. The van der Waals surface area contributed by atoms with E-state index in [1.54, 1.807) is 0 Å². The fraction of sp³-hybridized carbons (Fsp3) is 0.769. The summed E-state index contributed by atoms with van der Waals surface area (Å²) in [5.74, 6) is 0. The normalized spacial score (nSPS) is 11.9. The van der Waals surface area contributed by atoms with Crippen LogP contribution >= 0.6 is 0 Å². The Bertz CT molecular complexity index is 274. The van der Waals surface area contributed by atoms with E-state index < -0.39 is 0 Å². The van der Waals surface area contributed by atoms with E-state index in [-0.39, 0.29) is 5.54 Å². The molecule has 0 aliphatic rings. The molecule has 1 aromatic rings. The van der Waals surface area contributed by atoms with Gasteiger partial charge in [0.2, 0.25) is 0 Å². The molecule has 1 aromatic heterocycles. The second-order valence-electron chi connectivity index (χ2n) is 5.43. The van der Waals surface area contributed by atoms with Crippen LogP contribution in [0.1, 0.15) is 33.6 Å². The summed E-state index contributed by atoms with van der Waals surface area (Å²) in [7, 11) is 0. The smallest absolute Gasteiger partial charge is 0.0945 e. The minimum absolute atomic E-state index is 0.225.